The predicted molar refractivity (Wildman–Crippen MR) is 49.3 cm³/mol. The molecule has 1 aromatic carbocycles. The first-order valence-electron chi connectivity index (χ1n) is 4.36. The molecule has 1 aliphatic rings. The molecule has 1 aromatic rings. The van der Waals surface area contributed by atoms with Crippen LogP contribution in [0, 0.1) is 5.82 Å². The van der Waals surface area contributed by atoms with Crippen molar-refractivity contribution in [3.05, 3.63) is 23.5 Å². The summed E-state index contributed by atoms with van der Waals surface area (Å²) in [5.41, 5.74) is 6.35. The van der Waals surface area contributed by atoms with Gasteiger partial charge in [0.05, 0.1) is 12.8 Å². The van der Waals surface area contributed by atoms with Gasteiger partial charge in [0.1, 0.15) is 5.75 Å². The average Bonchev–Trinajstić information content (AvgIpc) is 2.92. The Hall–Kier alpha value is -1.25. The molecule has 2 N–H and O–H groups in total. The zero-order valence-electron chi connectivity index (χ0n) is 7.51. The van der Waals surface area contributed by atoms with E-state index in [1.54, 1.807) is 19.2 Å². The summed E-state index contributed by atoms with van der Waals surface area (Å²) >= 11 is 0. The van der Waals surface area contributed by atoms with Gasteiger partial charge < -0.3 is 10.5 Å². The molecule has 0 bridgehead atoms. The molecule has 0 aliphatic heterocycles. The highest BCUT2D eigenvalue weighted by Gasteiger charge is 2.30. The molecule has 0 radical (unpaired) electrons. The molecule has 3 heteroatoms. The van der Waals surface area contributed by atoms with Gasteiger partial charge in [-0.2, -0.15) is 0 Å². The van der Waals surface area contributed by atoms with Gasteiger partial charge in [-0.3, -0.25) is 0 Å². The fourth-order valence-electron chi connectivity index (χ4n) is 1.52. The molecular formula is C10H12FNO. The van der Waals surface area contributed by atoms with E-state index in [1.807, 2.05) is 0 Å². The Balaban J connectivity index is 2.52. The van der Waals surface area contributed by atoms with Crippen LogP contribution in [0.2, 0.25) is 0 Å². The zero-order chi connectivity index (χ0) is 9.42. The van der Waals surface area contributed by atoms with Gasteiger partial charge in [0.2, 0.25) is 0 Å². The number of rotatable bonds is 2. The van der Waals surface area contributed by atoms with Crippen molar-refractivity contribution < 1.29 is 9.13 Å². The van der Waals surface area contributed by atoms with E-state index in [0.29, 0.717) is 17.2 Å². The lowest BCUT2D eigenvalue weighted by molar-refractivity contribution is 0.405. The van der Waals surface area contributed by atoms with Gasteiger partial charge in [0, 0.05) is 5.56 Å². The number of hydrogen-bond acceptors (Lipinski definition) is 2. The molecule has 0 spiro atoms. The second-order valence-corrected chi connectivity index (χ2v) is 3.36. The van der Waals surface area contributed by atoms with E-state index in [2.05, 4.69) is 0 Å². The fourth-order valence-corrected chi connectivity index (χ4v) is 1.52. The van der Waals surface area contributed by atoms with Crippen molar-refractivity contribution in [2.24, 2.45) is 0 Å². The first-order valence-corrected chi connectivity index (χ1v) is 4.36. The van der Waals surface area contributed by atoms with Crippen LogP contribution in [0.3, 0.4) is 0 Å². The van der Waals surface area contributed by atoms with Crippen molar-refractivity contribution in [3.8, 4) is 5.75 Å². The molecule has 1 aliphatic carbocycles. The number of anilines is 1. The molecule has 0 saturated heterocycles. The summed E-state index contributed by atoms with van der Waals surface area (Å²) < 4.78 is 18.6. The summed E-state index contributed by atoms with van der Waals surface area (Å²) in [6.45, 7) is 0. The standard InChI is InChI=1S/C10H12FNO/c1-13-8-5-4-7(12)10(11)9(8)6-2-3-6/h4-6H,2-3,12H2,1H3. The summed E-state index contributed by atoms with van der Waals surface area (Å²) in [6, 6.07) is 3.27. The minimum absolute atomic E-state index is 0.211. The van der Waals surface area contributed by atoms with Crippen molar-refractivity contribution in [3.63, 3.8) is 0 Å². The maximum Gasteiger partial charge on any atom is 0.153 e. The van der Waals surface area contributed by atoms with E-state index < -0.39 is 0 Å². The van der Waals surface area contributed by atoms with Crippen molar-refractivity contribution in [2.75, 3.05) is 12.8 Å². The van der Waals surface area contributed by atoms with Crippen LogP contribution >= 0.6 is 0 Å². The third-order valence-corrected chi connectivity index (χ3v) is 2.38. The van der Waals surface area contributed by atoms with Gasteiger partial charge in [-0.05, 0) is 30.9 Å². The smallest absolute Gasteiger partial charge is 0.153 e. The second kappa shape index (κ2) is 2.91. The van der Waals surface area contributed by atoms with Crippen LogP contribution in [0.15, 0.2) is 12.1 Å². The number of halogens is 1. The lowest BCUT2D eigenvalue weighted by Crippen LogP contribution is -1.99. The number of ether oxygens (including phenoxy) is 1. The van der Waals surface area contributed by atoms with Crippen LogP contribution in [0.5, 0.6) is 5.75 Å². The SMILES string of the molecule is COc1ccc(N)c(F)c1C1CC1. The number of benzene rings is 1. The highest BCUT2D eigenvalue weighted by atomic mass is 19.1. The highest BCUT2D eigenvalue weighted by molar-refractivity contribution is 5.52. The Bertz CT molecular complexity index is 334. The molecule has 0 atom stereocenters. The van der Waals surface area contributed by atoms with Gasteiger partial charge in [-0.15, -0.1) is 0 Å². The lowest BCUT2D eigenvalue weighted by Gasteiger charge is -2.09. The van der Waals surface area contributed by atoms with E-state index >= 15 is 0 Å². The van der Waals surface area contributed by atoms with E-state index in [0.717, 1.165) is 12.8 Å². The van der Waals surface area contributed by atoms with Crippen LogP contribution in [-0.2, 0) is 0 Å². The van der Waals surface area contributed by atoms with Gasteiger partial charge in [-0.1, -0.05) is 0 Å². The molecule has 70 valence electrons. The minimum atomic E-state index is -0.304. The Labute approximate surface area is 76.5 Å². The van der Waals surface area contributed by atoms with Crippen LogP contribution in [-0.4, -0.2) is 7.11 Å². The van der Waals surface area contributed by atoms with Crippen LogP contribution in [0.1, 0.15) is 24.3 Å². The Kier molecular flexibility index (Phi) is 1.87. The van der Waals surface area contributed by atoms with E-state index in [4.69, 9.17) is 10.5 Å². The second-order valence-electron chi connectivity index (χ2n) is 3.36. The Morgan fingerprint density at radius 2 is 2.15 bits per heavy atom. The number of hydrogen-bond donors (Lipinski definition) is 1. The average molecular weight is 181 g/mol. The molecule has 0 unspecified atom stereocenters. The summed E-state index contributed by atoms with van der Waals surface area (Å²) in [4.78, 5) is 0. The maximum atomic E-state index is 13.5. The van der Waals surface area contributed by atoms with E-state index in [-0.39, 0.29) is 11.5 Å². The summed E-state index contributed by atoms with van der Waals surface area (Å²) in [5.74, 6) is 0.634. The van der Waals surface area contributed by atoms with Crippen molar-refractivity contribution in [1.82, 2.24) is 0 Å². The van der Waals surface area contributed by atoms with Crippen molar-refractivity contribution in [2.45, 2.75) is 18.8 Å². The summed E-state index contributed by atoms with van der Waals surface area (Å²) in [6.07, 6.45) is 2.08. The lowest BCUT2D eigenvalue weighted by atomic mass is 10.1. The summed E-state index contributed by atoms with van der Waals surface area (Å²) in [7, 11) is 1.55. The third kappa shape index (κ3) is 1.34. The molecular weight excluding hydrogens is 169 g/mol. The highest BCUT2D eigenvalue weighted by Crippen LogP contribution is 2.46. The van der Waals surface area contributed by atoms with Gasteiger partial charge in [-0.25, -0.2) is 4.39 Å². The summed E-state index contributed by atoms with van der Waals surface area (Å²) in [5, 5.41) is 0. The van der Waals surface area contributed by atoms with Crippen LogP contribution in [0.25, 0.3) is 0 Å². The number of methoxy groups -OCH3 is 1. The molecule has 13 heavy (non-hydrogen) atoms. The molecule has 0 heterocycles. The molecule has 1 fully saturated rings. The first kappa shape index (κ1) is 8.35. The topological polar surface area (TPSA) is 35.2 Å². The van der Waals surface area contributed by atoms with Gasteiger partial charge >= 0.3 is 0 Å². The quantitative estimate of drug-likeness (QED) is 0.710. The largest absolute Gasteiger partial charge is 0.496 e. The number of nitrogen functional groups attached to an aromatic ring is 1. The monoisotopic (exact) mass is 181 g/mol. The normalized spacial score (nSPS) is 15.8. The third-order valence-electron chi connectivity index (χ3n) is 2.38. The molecule has 0 aromatic heterocycles. The van der Waals surface area contributed by atoms with Gasteiger partial charge in [0.25, 0.3) is 0 Å². The Morgan fingerprint density at radius 3 is 2.69 bits per heavy atom. The fraction of sp³-hybridized carbons (Fsp3) is 0.400. The van der Waals surface area contributed by atoms with E-state index in [1.165, 1.54) is 0 Å². The maximum absolute atomic E-state index is 13.5. The molecule has 2 rings (SSSR count). The number of nitrogens with two attached hydrogens (primary N) is 1. The van der Waals surface area contributed by atoms with Crippen LogP contribution in [0.4, 0.5) is 10.1 Å². The zero-order valence-corrected chi connectivity index (χ0v) is 7.51. The first-order chi connectivity index (χ1) is 6.24. The van der Waals surface area contributed by atoms with E-state index in [9.17, 15) is 4.39 Å². The van der Waals surface area contributed by atoms with Crippen molar-refractivity contribution in [1.29, 1.82) is 0 Å². The molecule has 1 saturated carbocycles. The Morgan fingerprint density at radius 1 is 1.46 bits per heavy atom. The minimum Gasteiger partial charge on any atom is -0.496 e. The van der Waals surface area contributed by atoms with Crippen LogP contribution < -0.4 is 10.5 Å². The molecule has 2 nitrogen and oxygen atoms in total. The van der Waals surface area contributed by atoms with Crippen molar-refractivity contribution >= 4 is 5.69 Å². The predicted octanol–water partition coefficient (Wildman–Crippen LogP) is 2.29. The van der Waals surface area contributed by atoms with Gasteiger partial charge in [0.15, 0.2) is 5.82 Å². The molecule has 0 amide bonds.